The van der Waals surface area contributed by atoms with Crippen LogP contribution < -0.4 is 10.6 Å². The van der Waals surface area contributed by atoms with E-state index in [4.69, 9.17) is 10.7 Å². The van der Waals surface area contributed by atoms with Crippen LogP contribution in [0.2, 0.25) is 0 Å². The number of piperazine rings is 1. The number of nitrogens with zero attached hydrogens (tertiary/aromatic N) is 3. The first-order chi connectivity index (χ1) is 10.4. The van der Waals surface area contributed by atoms with E-state index < -0.39 is 0 Å². The van der Waals surface area contributed by atoms with E-state index in [9.17, 15) is 0 Å². The zero-order chi connectivity index (χ0) is 14.5. The average Bonchev–Trinajstić information content (AvgIpc) is 2.55. The van der Waals surface area contributed by atoms with Crippen LogP contribution in [0.3, 0.4) is 0 Å². The van der Waals surface area contributed by atoms with Gasteiger partial charge >= 0.3 is 0 Å². The summed E-state index contributed by atoms with van der Waals surface area (Å²) in [6.07, 6.45) is 2.34. The number of unbranched alkanes of at least 4 members (excludes halogenated alkanes) is 1. The molecule has 21 heavy (non-hydrogen) atoms. The molecular weight excluding hydrogens is 260 g/mol. The molecule has 0 unspecified atom stereocenters. The number of pyridine rings is 1. The summed E-state index contributed by atoms with van der Waals surface area (Å²) >= 11 is 0. The molecule has 1 saturated heterocycles. The summed E-state index contributed by atoms with van der Waals surface area (Å²) in [7, 11) is 0. The molecule has 0 spiro atoms. The molecule has 0 amide bonds. The van der Waals surface area contributed by atoms with E-state index in [1.54, 1.807) is 0 Å². The molecule has 0 atom stereocenters. The molecule has 3 rings (SSSR count). The van der Waals surface area contributed by atoms with Crippen LogP contribution in [-0.2, 0) is 0 Å². The maximum Gasteiger partial charge on any atom is 0.129 e. The normalized spacial score (nSPS) is 16.5. The highest BCUT2D eigenvalue weighted by Gasteiger charge is 2.17. The molecule has 0 aliphatic carbocycles. The van der Waals surface area contributed by atoms with Crippen molar-refractivity contribution in [1.82, 2.24) is 9.88 Å². The van der Waals surface area contributed by atoms with E-state index in [0.717, 1.165) is 50.5 Å². The predicted octanol–water partition coefficient (Wildman–Crippen LogP) is 2.10. The van der Waals surface area contributed by atoms with E-state index >= 15 is 0 Å². The summed E-state index contributed by atoms with van der Waals surface area (Å²) in [4.78, 5) is 9.72. The molecule has 2 heterocycles. The van der Waals surface area contributed by atoms with Gasteiger partial charge < -0.3 is 10.6 Å². The molecule has 1 aromatic carbocycles. The summed E-state index contributed by atoms with van der Waals surface area (Å²) in [5.41, 5.74) is 6.64. The molecule has 1 aliphatic heterocycles. The van der Waals surface area contributed by atoms with Gasteiger partial charge in [0.15, 0.2) is 0 Å². The summed E-state index contributed by atoms with van der Waals surface area (Å²) in [5.74, 6) is 1.11. The van der Waals surface area contributed by atoms with Gasteiger partial charge in [-0.15, -0.1) is 0 Å². The first-order valence-electron chi connectivity index (χ1n) is 7.90. The predicted molar refractivity (Wildman–Crippen MR) is 88.7 cm³/mol. The van der Waals surface area contributed by atoms with Crippen molar-refractivity contribution in [3.05, 3.63) is 36.4 Å². The van der Waals surface area contributed by atoms with Crippen LogP contribution in [0.5, 0.6) is 0 Å². The van der Waals surface area contributed by atoms with Crippen LogP contribution in [0.25, 0.3) is 10.9 Å². The van der Waals surface area contributed by atoms with Crippen LogP contribution in [0.15, 0.2) is 36.4 Å². The van der Waals surface area contributed by atoms with Gasteiger partial charge in [0.05, 0.1) is 5.52 Å². The second-order valence-electron chi connectivity index (χ2n) is 5.69. The maximum absolute atomic E-state index is 5.55. The Hall–Kier alpha value is -1.65. The standard InChI is InChI=1S/C17H24N4/c18-9-3-4-10-20-11-13-21(14-12-20)17-8-7-15-5-1-2-6-16(15)19-17/h1-2,5-8H,3-4,9-14,18H2. The first kappa shape index (κ1) is 14.3. The van der Waals surface area contributed by atoms with Crippen LogP contribution in [-0.4, -0.2) is 49.2 Å². The Morgan fingerprint density at radius 1 is 0.952 bits per heavy atom. The molecule has 0 bridgehead atoms. The molecule has 1 aliphatic rings. The molecule has 1 fully saturated rings. The molecular formula is C17H24N4. The lowest BCUT2D eigenvalue weighted by Gasteiger charge is -2.35. The van der Waals surface area contributed by atoms with Crippen molar-refractivity contribution in [3.8, 4) is 0 Å². The summed E-state index contributed by atoms with van der Waals surface area (Å²) in [6, 6.07) is 12.6. The summed E-state index contributed by atoms with van der Waals surface area (Å²) in [6.45, 7) is 6.36. The highest BCUT2D eigenvalue weighted by molar-refractivity contribution is 5.80. The highest BCUT2D eigenvalue weighted by atomic mass is 15.3. The second-order valence-corrected chi connectivity index (χ2v) is 5.69. The van der Waals surface area contributed by atoms with Crippen molar-refractivity contribution >= 4 is 16.7 Å². The molecule has 4 heteroatoms. The van der Waals surface area contributed by atoms with E-state index in [1.807, 2.05) is 0 Å². The van der Waals surface area contributed by atoms with Crippen LogP contribution in [0.4, 0.5) is 5.82 Å². The fraction of sp³-hybridized carbons (Fsp3) is 0.471. The third kappa shape index (κ3) is 3.52. The second kappa shape index (κ2) is 6.87. The van der Waals surface area contributed by atoms with Crippen molar-refractivity contribution in [2.45, 2.75) is 12.8 Å². The minimum Gasteiger partial charge on any atom is -0.354 e. The van der Waals surface area contributed by atoms with Crippen molar-refractivity contribution in [3.63, 3.8) is 0 Å². The molecule has 1 aromatic heterocycles. The third-order valence-electron chi connectivity index (χ3n) is 4.21. The minimum absolute atomic E-state index is 0.807. The number of nitrogens with two attached hydrogens (primary N) is 1. The number of anilines is 1. The van der Waals surface area contributed by atoms with Gasteiger partial charge in [0.25, 0.3) is 0 Å². The minimum atomic E-state index is 0.807. The highest BCUT2D eigenvalue weighted by Crippen LogP contribution is 2.19. The van der Waals surface area contributed by atoms with Gasteiger partial charge in [0.1, 0.15) is 5.82 Å². The van der Waals surface area contributed by atoms with Gasteiger partial charge in [-0.1, -0.05) is 18.2 Å². The number of fused-ring (bicyclic) bond motifs is 1. The summed E-state index contributed by atoms with van der Waals surface area (Å²) in [5, 5.41) is 1.21. The Balaban J connectivity index is 1.60. The smallest absolute Gasteiger partial charge is 0.129 e. The summed E-state index contributed by atoms with van der Waals surface area (Å²) < 4.78 is 0. The van der Waals surface area contributed by atoms with Gasteiger partial charge in [0.2, 0.25) is 0 Å². The van der Waals surface area contributed by atoms with Gasteiger partial charge in [-0.3, -0.25) is 4.90 Å². The SMILES string of the molecule is NCCCCN1CCN(c2ccc3ccccc3n2)CC1. The van der Waals surface area contributed by atoms with Crippen molar-refractivity contribution in [1.29, 1.82) is 0 Å². The van der Waals surface area contributed by atoms with E-state index in [0.29, 0.717) is 0 Å². The fourth-order valence-electron chi connectivity index (χ4n) is 2.91. The van der Waals surface area contributed by atoms with Gasteiger partial charge in [0, 0.05) is 31.6 Å². The van der Waals surface area contributed by atoms with Gasteiger partial charge in [-0.05, 0) is 44.1 Å². The zero-order valence-corrected chi connectivity index (χ0v) is 12.5. The molecule has 2 aromatic rings. The van der Waals surface area contributed by atoms with Crippen molar-refractivity contribution in [2.24, 2.45) is 5.73 Å². The number of para-hydroxylation sites is 1. The lowest BCUT2D eigenvalue weighted by molar-refractivity contribution is 0.253. The molecule has 0 radical (unpaired) electrons. The van der Waals surface area contributed by atoms with Crippen molar-refractivity contribution in [2.75, 3.05) is 44.2 Å². The van der Waals surface area contributed by atoms with E-state index in [1.165, 1.54) is 18.4 Å². The number of benzene rings is 1. The number of aromatic nitrogens is 1. The molecule has 0 saturated carbocycles. The Labute approximate surface area is 126 Å². The topological polar surface area (TPSA) is 45.4 Å². The van der Waals surface area contributed by atoms with Crippen molar-refractivity contribution < 1.29 is 0 Å². The monoisotopic (exact) mass is 284 g/mol. The lowest BCUT2D eigenvalue weighted by atomic mass is 10.2. The Bertz CT molecular complexity index is 576. The van der Waals surface area contributed by atoms with Gasteiger partial charge in [-0.25, -0.2) is 4.98 Å². The Morgan fingerprint density at radius 2 is 1.76 bits per heavy atom. The number of rotatable bonds is 5. The van der Waals surface area contributed by atoms with Crippen LogP contribution in [0.1, 0.15) is 12.8 Å². The van der Waals surface area contributed by atoms with E-state index in [2.05, 4.69) is 46.2 Å². The number of hydrogen-bond donors (Lipinski definition) is 1. The quantitative estimate of drug-likeness (QED) is 0.854. The zero-order valence-electron chi connectivity index (χ0n) is 12.5. The Morgan fingerprint density at radius 3 is 2.57 bits per heavy atom. The fourth-order valence-corrected chi connectivity index (χ4v) is 2.91. The average molecular weight is 284 g/mol. The van der Waals surface area contributed by atoms with Gasteiger partial charge in [-0.2, -0.15) is 0 Å². The molecule has 4 nitrogen and oxygen atoms in total. The maximum atomic E-state index is 5.55. The Kier molecular flexibility index (Phi) is 4.68. The molecule has 2 N–H and O–H groups in total. The van der Waals surface area contributed by atoms with Crippen LogP contribution in [0, 0.1) is 0 Å². The lowest BCUT2D eigenvalue weighted by Crippen LogP contribution is -2.47. The number of hydrogen-bond acceptors (Lipinski definition) is 4. The third-order valence-corrected chi connectivity index (χ3v) is 4.21. The largest absolute Gasteiger partial charge is 0.354 e. The first-order valence-corrected chi connectivity index (χ1v) is 7.90. The molecule has 112 valence electrons. The van der Waals surface area contributed by atoms with Crippen LogP contribution >= 0.6 is 0 Å². The van der Waals surface area contributed by atoms with E-state index in [-0.39, 0.29) is 0 Å².